The third-order valence-electron chi connectivity index (χ3n) is 2.71. The topological polar surface area (TPSA) is 0 Å². The predicted molar refractivity (Wildman–Crippen MR) is 67.1 cm³/mol. The Labute approximate surface area is 94.7 Å². The van der Waals surface area contributed by atoms with Crippen LogP contribution in [0.3, 0.4) is 0 Å². The third-order valence-corrected chi connectivity index (χ3v) is 2.71. The summed E-state index contributed by atoms with van der Waals surface area (Å²) in [4.78, 5) is 0. The second-order valence-electron chi connectivity index (χ2n) is 4.29. The molecule has 0 fully saturated rings. The van der Waals surface area contributed by atoms with Crippen molar-refractivity contribution < 1.29 is 0 Å². The second kappa shape index (κ2) is 6.66. The van der Waals surface area contributed by atoms with Gasteiger partial charge in [0, 0.05) is 0 Å². The van der Waals surface area contributed by atoms with Crippen LogP contribution < -0.4 is 0 Å². The van der Waals surface area contributed by atoms with Gasteiger partial charge in [-0.25, -0.2) is 0 Å². The SMILES string of the molecule is [CH]c1cc(CCCC)cc(CCCC)c1. The molecule has 0 atom stereocenters. The first-order valence-corrected chi connectivity index (χ1v) is 6.14. The lowest BCUT2D eigenvalue weighted by molar-refractivity contribution is 0.780. The molecular formula is C15H22. The van der Waals surface area contributed by atoms with Gasteiger partial charge in [-0.3, -0.25) is 0 Å². The fraction of sp³-hybridized carbons (Fsp3) is 0.533. The average molecular weight is 202 g/mol. The zero-order valence-electron chi connectivity index (χ0n) is 10.1. The molecule has 0 unspecified atom stereocenters. The average Bonchev–Trinajstić information content (AvgIpc) is 2.23. The third kappa shape index (κ3) is 4.51. The van der Waals surface area contributed by atoms with E-state index in [-0.39, 0.29) is 0 Å². The van der Waals surface area contributed by atoms with E-state index in [0.29, 0.717) is 0 Å². The van der Waals surface area contributed by atoms with E-state index in [0.717, 1.165) is 5.56 Å². The second-order valence-corrected chi connectivity index (χ2v) is 4.29. The van der Waals surface area contributed by atoms with Crippen LogP contribution in [0, 0.1) is 6.92 Å². The Balaban J connectivity index is 2.66. The summed E-state index contributed by atoms with van der Waals surface area (Å²) >= 11 is 0. The fourth-order valence-corrected chi connectivity index (χ4v) is 1.84. The molecule has 1 aromatic rings. The Morgan fingerprint density at radius 1 is 0.867 bits per heavy atom. The van der Waals surface area contributed by atoms with Gasteiger partial charge in [0.15, 0.2) is 0 Å². The summed E-state index contributed by atoms with van der Waals surface area (Å²) in [5.41, 5.74) is 3.74. The summed E-state index contributed by atoms with van der Waals surface area (Å²) in [5.74, 6) is 0. The van der Waals surface area contributed by atoms with Gasteiger partial charge < -0.3 is 0 Å². The largest absolute Gasteiger partial charge is 0.0654 e. The zero-order valence-corrected chi connectivity index (χ0v) is 10.1. The maximum Gasteiger partial charge on any atom is -0.00118 e. The molecule has 0 saturated heterocycles. The first-order valence-electron chi connectivity index (χ1n) is 6.14. The normalized spacial score (nSPS) is 10.6. The number of hydrogen-bond acceptors (Lipinski definition) is 0. The molecule has 0 spiro atoms. The van der Waals surface area contributed by atoms with Gasteiger partial charge in [-0.1, -0.05) is 44.9 Å². The molecular weight excluding hydrogens is 180 g/mol. The highest BCUT2D eigenvalue weighted by Crippen LogP contribution is 2.14. The molecule has 15 heavy (non-hydrogen) atoms. The molecule has 0 heteroatoms. The predicted octanol–water partition coefficient (Wildman–Crippen LogP) is 4.43. The minimum Gasteiger partial charge on any atom is -0.0654 e. The van der Waals surface area contributed by atoms with Crippen LogP contribution in [0.5, 0.6) is 0 Å². The standard InChI is InChI=1S/C15H22/c1-4-6-8-14-10-13(3)11-15(12-14)9-7-5-2/h3,10-12H,4-9H2,1-2H3. The van der Waals surface area contributed by atoms with Crippen molar-refractivity contribution >= 4 is 0 Å². The summed E-state index contributed by atoms with van der Waals surface area (Å²) in [6.45, 7) is 10.4. The van der Waals surface area contributed by atoms with E-state index < -0.39 is 0 Å². The van der Waals surface area contributed by atoms with Gasteiger partial charge in [-0.2, -0.15) is 0 Å². The number of rotatable bonds is 6. The molecule has 0 nitrogen and oxygen atoms in total. The fourth-order valence-electron chi connectivity index (χ4n) is 1.84. The van der Waals surface area contributed by atoms with Crippen molar-refractivity contribution in [2.75, 3.05) is 0 Å². The summed E-state index contributed by atoms with van der Waals surface area (Å²) in [5, 5.41) is 0. The van der Waals surface area contributed by atoms with Crippen LogP contribution in [0.15, 0.2) is 18.2 Å². The number of unbranched alkanes of at least 4 members (excludes halogenated alkanes) is 2. The Morgan fingerprint density at radius 2 is 1.33 bits per heavy atom. The Kier molecular flexibility index (Phi) is 5.45. The number of aryl methyl sites for hydroxylation is 2. The zero-order chi connectivity index (χ0) is 11.1. The summed E-state index contributed by atoms with van der Waals surface area (Å²) in [6.07, 6.45) is 7.35. The molecule has 0 saturated carbocycles. The Morgan fingerprint density at radius 3 is 1.73 bits per heavy atom. The lowest BCUT2D eigenvalue weighted by atomic mass is 9.99. The first kappa shape index (κ1) is 12.3. The van der Waals surface area contributed by atoms with E-state index in [9.17, 15) is 0 Å². The molecule has 0 amide bonds. The maximum atomic E-state index is 5.90. The van der Waals surface area contributed by atoms with E-state index in [1.807, 2.05) is 0 Å². The van der Waals surface area contributed by atoms with Gasteiger partial charge in [0.1, 0.15) is 0 Å². The lowest BCUT2D eigenvalue weighted by Gasteiger charge is -2.06. The highest BCUT2D eigenvalue weighted by molar-refractivity contribution is 5.32. The summed E-state index contributed by atoms with van der Waals surface area (Å²) in [6, 6.07) is 6.55. The quantitative estimate of drug-likeness (QED) is 0.640. The minimum absolute atomic E-state index is 0.926. The van der Waals surface area contributed by atoms with Gasteiger partial charge in [-0.05, 0) is 49.3 Å². The Hall–Kier alpha value is -0.780. The van der Waals surface area contributed by atoms with Gasteiger partial charge >= 0.3 is 0 Å². The number of hydrogen-bond donors (Lipinski definition) is 0. The van der Waals surface area contributed by atoms with Crippen molar-refractivity contribution in [2.45, 2.75) is 52.4 Å². The van der Waals surface area contributed by atoms with Gasteiger partial charge in [0.2, 0.25) is 0 Å². The highest BCUT2D eigenvalue weighted by atomic mass is 14.0. The first-order chi connectivity index (χ1) is 7.26. The molecule has 0 N–H and O–H groups in total. The van der Waals surface area contributed by atoms with Crippen molar-refractivity contribution in [3.8, 4) is 0 Å². The molecule has 0 aliphatic rings. The van der Waals surface area contributed by atoms with E-state index in [2.05, 4.69) is 32.0 Å². The van der Waals surface area contributed by atoms with Crippen molar-refractivity contribution in [3.63, 3.8) is 0 Å². The van der Waals surface area contributed by atoms with Crippen LogP contribution in [0.4, 0.5) is 0 Å². The molecule has 0 aliphatic carbocycles. The number of benzene rings is 1. The van der Waals surface area contributed by atoms with Crippen LogP contribution in [0.1, 0.15) is 56.2 Å². The van der Waals surface area contributed by atoms with Gasteiger partial charge in [0.25, 0.3) is 0 Å². The maximum absolute atomic E-state index is 5.90. The van der Waals surface area contributed by atoms with Gasteiger partial charge in [0.05, 0.1) is 0 Å². The van der Waals surface area contributed by atoms with E-state index in [1.165, 1.54) is 49.7 Å². The molecule has 1 aromatic carbocycles. The van der Waals surface area contributed by atoms with Crippen molar-refractivity contribution in [1.29, 1.82) is 0 Å². The van der Waals surface area contributed by atoms with Crippen LogP contribution in [0.2, 0.25) is 0 Å². The summed E-state index contributed by atoms with van der Waals surface area (Å²) < 4.78 is 0. The summed E-state index contributed by atoms with van der Waals surface area (Å²) in [7, 11) is 0. The van der Waals surface area contributed by atoms with E-state index in [4.69, 9.17) is 6.92 Å². The molecule has 1 rings (SSSR count). The highest BCUT2D eigenvalue weighted by Gasteiger charge is 1.98. The molecule has 2 radical (unpaired) electrons. The van der Waals surface area contributed by atoms with Crippen LogP contribution in [0.25, 0.3) is 0 Å². The smallest absolute Gasteiger partial charge is 0.00118 e. The molecule has 0 bridgehead atoms. The van der Waals surface area contributed by atoms with Crippen molar-refractivity contribution in [3.05, 3.63) is 41.8 Å². The lowest BCUT2D eigenvalue weighted by Crippen LogP contribution is -1.91. The molecule has 82 valence electrons. The van der Waals surface area contributed by atoms with Crippen LogP contribution in [-0.4, -0.2) is 0 Å². The van der Waals surface area contributed by atoms with E-state index in [1.54, 1.807) is 0 Å². The van der Waals surface area contributed by atoms with Crippen molar-refractivity contribution in [1.82, 2.24) is 0 Å². The van der Waals surface area contributed by atoms with Crippen LogP contribution in [-0.2, 0) is 12.8 Å². The molecule has 0 aliphatic heterocycles. The van der Waals surface area contributed by atoms with E-state index >= 15 is 0 Å². The molecule has 0 heterocycles. The minimum atomic E-state index is 0.926. The van der Waals surface area contributed by atoms with Crippen molar-refractivity contribution in [2.24, 2.45) is 0 Å². The molecule has 0 aromatic heterocycles. The van der Waals surface area contributed by atoms with Crippen LogP contribution >= 0.6 is 0 Å². The monoisotopic (exact) mass is 202 g/mol. The Bertz CT molecular complexity index is 260. The van der Waals surface area contributed by atoms with Gasteiger partial charge in [-0.15, -0.1) is 0 Å².